The Morgan fingerprint density at radius 1 is 1.20 bits per heavy atom. The minimum absolute atomic E-state index is 0.113. The van der Waals surface area contributed by atoms with Crippen LogP contribution in [0.3, 0.4) is 0 Å². The highest BCUT2D eigenvalue weighted by atomic mass is 35.5. The third-order valence-electron chi connectivity index (χ3n) is 5.55. The Kier molecular flexibility index (Phi) is 4.95. The van der Waals surface area contributed by atoms with Gasteiger partial charge in [-0.15, -0.1) is 0 Å². The lowest BCUT2D eigenvalue weighted by Gasteiger charge is -2.36. The molecule has 2 atom stereocenters. The SMILES string of the molecule is O=C(C1CC(C2CC2)NN1)N1CCN(Cc2c(F)cccc2Cl)CC1. The molecule has 7 heteroatoms. The van der Waals surface area contributed by atoms with Crippen molar-refractivity contribution in [1.29, 1.82) is 0 Å². The number of nitrogens with one attached hydrogen (secondary N) is 2. The molecule has 1 aromatic carbocycles. The molecule has 2 saturated heterocycles. The lowest BCUT2D eigenvalue weighted by molar-refractivity contribution is -0.135. The van der Waals surface area contributed by atoms with Gasteiger partial charge in [0.1, 0.15) is 11.9 Å². The molecule has 1 saturated carbocycles. The predicted molar refractivity (Wildman–Crippen MR) is 94.5 cm³/mol. The summed E-state index contributed by atoms with van der Waals surface area (Å²) in [5.74, 6) is 0.658. The van der Waals surface area contributed by atoms with Gasteiger partial charge >= 0.3 is 0 Å². The van der Waals surface area contributed by atoms with Crippen LogP contribution >= 0.6 is 11.6 Å². The summed E-state index contributed by atoms with van der Waals surface area (Å²) in [6, 6.07) is 5.11. The summed E-state index contributed by atoms with van der Waals surface area (Å²) in [5.41, 5.74) is 6.99. The van der Waals surface area contributed by atoms with Gasteiger partial charge in [-0.3, -0.25) is 15.1 Å². The van der Waals surface area contributed by atoms with Crippen molar-refractivity contribution in [1.82, 2.24) is 20.7 Å². The van der Waals surface area contributed by atoms with Crippen LogP contribution in [-0.2, 0) is 11.3 Å². The number of nitrogens with zero attached hydrogens (tertiary/aromatic N) is 2. The van der Waals surface area contributed by atoms with Crippen molar-refractivity contribution in [3.63, 3.8) is 0 Å². The fourth-order valence-electron chi connectivity index (χ4n) is 3.80. The Bertz CT molecular complexity index is 626. The maximum absolute atomic E-state index is 13.9. The molecule has 1 aromatic rings. The van der Waals surface area contributed by atoms with Gasteiger partial charge in [-0.05, 0) is 37.3 Å². The fraction of sp³-hybridized carbons (Fsp3) is 0.611. The van der Waals surface area contributed by atoms with Crippen LogP contribution in [0.2, 0.25) is 5.02 Å². The van der Waals surface area contributed by atoms with Crippen LogP contribution in [0, 0.1) is 11.7 Å². The second kappa shape index (κ2) is 7.19. The zero-order valence-electron chi connectivity index (χ0n) is 14.2. The monoisotopic (exact) mass is 366 g/mol. The molecule has 3 fully saturated rings. The lowest BCUT2D eigenvalue weighted by atomic mass is 10.1. The molecule has 2 aliphatic heterocycles. The van der Waals surface area contributed by atoms with Crippen LogP contribution in [0.5, 0.6) is 0 Å². The summed E-state index contributed by atoms with van der Waals surface area (Å²) in [4.78, 5) is 16.8. The van der Waals surface area contributed by atoms with E-state index in [9.17, 15) is 9.18 Å². The van der Waals surface area contributed by atoms with Gasteiger partial charge in [0, 0.05) is 49.4 Å². The van der Waals surface area contributed by atoms with Gasteiger partial charge in [-0.25, -0.2) is 9.82 Å². The molecular weight excluding hydrogens is 343 g/mol. The van der Waals surface area contributed by atoms with Crippen molar-refractivity contribution in [3.05, 3.63) is 34.6 Å². The van der Waals surface area contributed by atoms with Crippen LogP contribution in [0.4, 0.5) is 4.39 Å². The second-order valence-electron chi connectivity index (χ2n) is 7.32. The molecule has 5 nitrogen and oxygen atoms in total. The fourth-order valence-corrected chi connectivity index (χ4v) is 4.03. The maximum atomic E-state index is 13.9. The number of hydrogen-bond donors (Lipinski definition) is 2. The van der Waals surface area contributed by atoms with E-state index in [1.807, 2.05) is 4.90 Å². The van der Waals surface area contributed by atoms with Gasteiger partial charge in [0.05, 0.1) is 0 Å². The topological polar surface area (TPSA) is 47.6 Å². The molecule has 4 rings (SSSR count). The molecule has 3 aliphatic rings. The molecular formula is C18H24ClFN4O. The second-order valence-corrected chi connectivity index (χ2v) is 7.73. The lowest BCUT2D eigenvalue weighted by Crippen LogP contribution is -2.53. The number of benzene rings is 1. The van der Waals surface area contributed by atoms with E-state index in [0.717, 1.165) is 25.4 Å². The molecule has 1 aliphatic carbocycles. The smallest absolute Gasteiger partial charge is 0.241 e. The summed E-state index contributed by atoms with van der Waals surface area (Å²) < 4.78 is 13.9. The van der Waals surface area contributed by atoms with Crippen LogP contribution in [0.1, 0.15) is 24.8 Å². The van der Waals surface area contributed by atoms with Crippen molar-refractivity contribution in [2.45, 2.75) is 37.9 Å². The van der Waals surface area contributed by atoms with E-state index in [2.05, 4.69) is 15.8 Å². The first-order chi connectivity index (χ1) is 12.1. The number of rotatable bonds is 4. The number of carbonyl (C=O) groups is 1. The van der Waals surface area contributed by atoms with Gasteiger partial charge in [-0.1, -0.05) is 17.7 Å². The molecule has 0 spiro atoms. The molecule has 136 valence electrons. The highest BCUT2D eigenvalue weighted by Crippen LogP contribution is 2.35. The molecule has 2 heterocycles. The molecule has 1 amide bonds. The van der Waals surface area contributed by atoms with E-state index in [1.165, 1.54) is 18.9 Å². The van der Waals surface area contributed by atoms with Crippen LogP contribution in [-0.4, -0.2) is 54.0 Å². The average molecular weight is 367 g/mol. The number of hydrazine groups is 1. The van der Waals surface area contributed by atoms with Gasteiger partial charge < -0.3 is 4.90 Å². The van der Waals surface area contributed by atoms with Gasteiger partial charge in [0.15, 0.2) is 0 Å². The summed E-state index contributed by atoms with van der Waals surface area (Å²) in [6.45, 7) is 3.32. The van der Waals surface area contributed by atoms with Crippen molar-refractivity contribution in [2.75, 3.05) is 26.2 Å². The number of halogens is 2. The van der Waals surface area contributed by atoms with E-state index in [0.29, 0.717) is 36.3 Å². The number of piperazine rings is 1. The van der Waals surface area contributed by atoms with Crippen molar-refractivity contribution < 1.29 is 9.18 Å². The van der Waals surface area contributed by atoms with E-state index >= 15 is 0 Å². The first-order valence-electron chi connectivity index (χ1n) is 9.07. The normalized spacial score (nSPS) is 27.7. The van der Waals surface area contributed by atoms with Crippen LogP contribution < -0.4 is 10.9 Å². The van der Waals surface area contributed by atoms with Crippen molar-refractivity contribution in [2.24, 2.45) is 5.92 Å². The van der Waals surface area contributed by atoms with Crippen LogP contribution in [0.15, 0.2) is 18.2 Å². The Labute approximate surface area is 152 Å². The van der Waals surface area contributed by atoms with Gasteiger partial charge in [0.25, 0.3) is 0 Å². The zero-order chi connectivity index (χ0) is 17.4. The van der Waals surface area contributed by atoms with E-state index in [1.54, 1.807) is 12.1 Å². The maximum Gasteiger partial charge on any atom is 0.241 e. The van der Waals surface area contributed by atoms with E-state index < -0.39 is 0 Å². The third kappa shape index (κ3) is 3.82. The summed E-state index contributed by atoms with van der Waals surface area (Å²) >= 11 is 6.11. The van der Waals surface area contributed by atoms with Crippen LogP contribution in [0.25, 0.3) is 0 Å². The standard InChI is InChI=1S/C18H24ClFN4O/c19-14-2-1-3-15(20)13(14)11-23-6-8-24(9-7-23)18(25)17-10-16(21-22-17)12-4-5-12/h1-3,12,16-17,21-22H,4-11H2. The molecule has 0 bridgehead atoms. The summed E-state index contributed by atoms with van der Waals surface area (Å²) in [6.07, 6.45) is 3.43. The van der Waals surface area contributed by atoms with Gasteiger partial charge in [-0.2, -0.15) is 0 Å². The molecule has 25 heavy (non-hydrogen) atoms. The number of amides is 1. The highest BCUT2D eigenvalue weighted by Gasteiger charge is 2.40. The number of carbonyl (C=O) groups excluding carboxylic acids is 1. The highest BCUT2D eigenvalue weighted by molar-refractivity contribution is 6.31. The molecule has 0 aromatic heterocycles. The molecule has 0 radical (unpaired) electrons. The summed E-state index contributed by atoms with van der Waals surface area (Å²) in [5, 5.41) is 0.464. The quantitative estimate of drug-likeness (QED) is 0.852. The first-order valence-corrected chi connectivity index (χ1v) is 9.44. The molecule has 2 N–H and O–H groups in total. The first kappa shape index (κ1) is 17.2. The van der Waals surface area contributed by atoms with Crippen molar-refractivity contribution in [3.8, 4) is 0 Å². The summed E-state index contributed by atoms with van der Waals surface area (Å²) in [7, 11) is 0. The van der Waals surface area contributed by atoms with Gasteiger partial charge in [0.2, 0.25) is 5.91 Å². The Hall–Kier alpha value is -1.21. The predicted octanol–water partition coefficient (Wildman–Crippen LogP) is 1.77. The largest absolute Gasteiger partial charge is 0.339 e. The minimum atomic E-state index is -0.265. The minimum Gasteiger partial charge on any atom is -0.339 e. The number of hydrogen-bond acceptors (Lipinski definition) is 4. The van der Waals surface area contributed by atoms with E-state index in [-0.39, 0.29) is 17.8 Å². The zero-order valence-corrected chi connectivity index (χ0v) is 14.9. The third-order valence-corrected chi connectivity index (χ3v) is 5.90. The average Bonchev–Trinajstić information content (AvgIpc) is 3.35. The van der Waals surface area contributed by atoms with Crippen molar-refractivity contribution >= 4 is 17.5 Å². The Balaban J connectivity index is 1.29. The van der Waals surface area contributed by atoms with E-state index in [4.69, 9.17) is 11.6 Å². The Morgan fingerprint density at radius 3 is 2.64 bits per heavy atom. The molecule has 2 unspecified atom stereocenters. The Morgan fingerprint density at radius 2 is 1.96 bits per heavy atom.